The fourth-order valence-corrected chi connectivity index (χ4v) is 7.68. The predicted molar refractivity (Wildman–Crippen MR) is 199 cm³/mol. The summed E-state index contributed by atoms with van der Waals surface area (Å²) in [5.41, 5.74) is 2.54. The number of hydrazone groups is 1. The van der Waals surface area contributed by atoms with Crippen molar-refractivity contribution >= 4 is 28.4 Å². The van der Waals surface area contributed by atoms with E-state index in [9.17, 15) is 19.8 Å². The zero-order valence-electron chi connectivity index (χ0n) is 30.6. The minimum atomic E-state index is -1.40. The maximum atomic E-state index is 16.9. The number of piperidine rings is 1. The van der Waals surface area contributed by atoms with Gasteiger partial charge in [-0.25, -0.2) is 9.18 Å². The molecule has 4 aromatic rings. The van der Waals surface area contributed by atoms with Crippen LogP contribution in [0.25, 0.3) is 10.9 Å². The summed E-state index contributed by atoms with van der Waals surface area (Å²) in [6.45, 7) is 1.29. The minimum Gasteiger partial charge on any atom is -0.494 e. The van der Waals surface area contributed by atoms with Gasteiger partial charge >= 0.3 is 5.97 Å². The molecule has 3 fully saturated rings. The number of anilines is 1. The maximum absolute atomic E-state index is 16.9. The molecular weight excluding hydrogens is 701 g/mol. The van der Waals surface area contributed by atoms with Crippen molar-refractivity contribution < 1.29 is 43.1 Å². The van der Waals surface area contributed by atoms with Crippen molar-refractivity contribution in [2.75, 3.05) is 59.6 Å². The molecule has 3 unspecified atom stereocenters. The van der Waals surface area contributed by atoms with Gasteiger partial charge in [-0.15, -0.1) is 0 Å². The molecule has 2 saturated heterocycles. The Bertz CT molecular complexity index is 2100. The molecule has 0 bridgehead atoms. The first kappa shape index (κ1) is 36.6. The number of nitrogens with one attached hydrogen (secondary N) is 1. The molecule has 1 saturated carbocycles. The van der Waals surface area contributed by atoms with Crippen LogP contribution in [0, 0.1) is 11.7 Å². The predicted octanol–water partition coefficient (Wildman–Crippen LogP) is 4.46. The van der Waals surface area contributed by atoms with Crippen LogP contribution < -0.4 is 39.4 Å². The number of aliphatic hydroxyl groups is 1. The summed E-state index contributed by atoms with van der Waals surface area (Å²) in [6, 6.07) is 14.1. The lowest BCUT2D eigenvalue weighted by molar-refractivity contribution is 0.0694. The highest BCUT2D eigenvalue weighted by atomic mass is 19.1. The third kappa shape index (κ3) is 6.91. The summed E-state index contributed by atoms with van der Waals surface area (Å²) in [6.07, 6.45) is 3.38. The number of carboxylic acids is 1. The maximum Gasteiger partial charge on any atom is 0.341 e. The summed E-state index contributed by atoms with van der Waals surface area (Å²) in [7, 11) is 6.03. The number of amidine groups is 1. The van der Waals surface area contributed by atoms with Crippen molar-refractivity contribution in [1.29, 1.82) is 0 Å². The Hall–Kier alpha value is -5.70. The van der Waals surface area contributed by atoms with Gasteiger partial charge in [-0.2, -0.15) is 5.10 Å². The number of halogens is 1. The molecule has 54 heavy (non-hydrogen) atoms. The van der Waals surface area contributed by atoms with Crippen molar-refractivity contribution in [3.05, 3.63) is 81.9 Å². The number of aromatic nitrogens is 1. The Kier molecular flexibility index (Phi) is 10.4. The van der Waals surface area contributed by atoms with Crippen LogP contribution >= 0.6 is 0 Å². The normalized spacial score (nSPS) is 19.0. The van der Waals surface area contributed by atoms with Crippen molar-refractivity contribution in [3.63, 3.8) is 0 Å². The second-order valence-electron chi connectivity index (χ2n) is 13.6. The molecule has 0 radical (unpaired) electrons. The topological polar surface area (TPSA) is 157 Å². The number of carbonyl (C=O) groups is 1. The highest BCUT2D eigenvalue weighted by Crippen LogP contribution is 2.45. The molecular formula is C39H44FN5O9. The number of likely N-dealkylation sites (tertiary alicyclic amines) is 1. The van der Waals surface area contributed by atoms with Gasteiger partial charge < -0.3 is 48.3 Å². The van der Waals surface area contributed by atoms with E-state index in [0.717, 1.165) is 25.7 Å². The SMILES string of the molecule is COc1cc(/C(=N/NC(O)COc2ccccc2)N2CCCC3CN(c4c(OC)cc5c(c4F)c(=O)c(C(=O)O)cn5C4CC4)CC32)cc(OC)c1OC. The number of rotatable bonds is 13. The molecule has 3 aliphatic rings. The fraction of sp³-hybridized carbons (Fsp3) is 0.410. The van der Waals surface area contributed by atoms with E-state index in [1.165, 1.54) is 34.6 Å². The van der Waals surface area contributed by atoms with Gasteiger partial charge in [0.15, 0.2) is 29.4 Å². The average molecular weight is 746 g/mol. The summed E-state index contributed by atoms with van der Waals surface area (Å²) >= 11 is 0. The Morgan fingerprint density at radius 2 is 1.69 bits per heavy atom. The van der Waals surface area contributed by atoms with E-state index < -0.39 is 29.0 Å². The molecule has 3 heterocycles. The van der Waals surface area contributed by atoms with Crippen LogP contribution in [0.3, 0.4) is 0 Å². The van der Waals surface area contributed by atoms with Crippen molar-refractivity contribution in [3.8, 4) is 28.7 Å². The molecule has 0 amide bonds. The first-order valence-electron chi connectivity index (χ1n) is 17.9. The molecule has 286 valence electrons. The number of hydrogen-bond acceptors (Lipinski definition) is 11. The number of aromatic carboxylic acids is 1. The first-order chi connectivity index (χ1) is 26.2. The van der Waals surface area contributed by atoms with Crippen LogP contribution in [0.4, 0.5) is 10.1 Å². The molecule has 7 rings (SSSR count). The highest BCUT2D eigenvalue weighted by Gasteiger charge is 2.43. The van der Waals surface area contributed by atoms with E-state index in [0.29, 0.717) is 59.5 Å². The molecule has 14 nitrogen and oxygen atoms in total. The molecule has 3 N–H and O–H groups in total. The zero-order chi connectivity index (χ0) is 38.1. The number of ether oxygens (including phenoxy) is 5. The highest BCUT2D eigenvalue weighted by molar-refractivity contribution is 6.00. The Morgan fingerprint density at radius 1 is 0.981 bits per heavy atom. The van der Waals surface area contributed by atoms with Crippen molar-refractivity contribution in [1.82, 2.24) is 14.9 Å². The fourth-order valence-electron chi connectivity index (χ4n) is 7.68. The monoisotopic (exact) mass is 745 g/mol. The van der Waals surface area contributed by atoms with Gasteiger partial charge in [-0.3, -0.25) is 10.2 Å². The van der Waals surface area contributed by atoms with E-state index in [1.54, 1.807) is 34.9 Å². The molecule has 3 aromatic carbocycles. The lowest BCUT2D eigenvalue weighted by Gasteiger charge is -2.39. The van der Waals surface area contributed by atoms with Gasteiger partial charge in [-0.05, 0) is 55.9 Å². The van der Waals surface area contributed by atoms with Crippen LogP contribution in [0.5, 0.6) is 28.7 Å². The second-order valence-corrected chi connectivity index (χ2v) is 13.6. The van der Waals surface area contributed by atoms with E-state index in [1.807, 2.05) is 23.1 Å². The Balaban J connectivity index is 1.26. The van der Waals surface area contributed by atoms with Gasteiger partial charge in [0.2, 0.25) is 11.2 Å². The van der Waals surface area contributed by atoms with Crippen LogP contribution in [0.1, 0.15) is 47.6 Å². The lowest BCUT2D eigenvalue weighted by atomic mass is 9.91. The number of carboxylic acid groups (broad SMARTS) is 1. The molecule has 15 heteroatoms. The zero-order valence-corrected chi connectivity index (χ0v) is 30.6. The third-order valence-electron chi connectivity index (χ3n) is 10.4. The molecule has 1 aromatic heterocycles. The number of nitrogens with zero attached hydrogens (tertiary/aromatic N) is 4. The van der Waals surface area contributed by atoms with E-state index in [2.05, 4.69) is 10.3 Å². The smallest absolute Gasteiger partial charge is 0.341 e. The summed E-state index contributed by atoms with van der Waals surface area (Å²) in [5, 5.41) is 25.3. The van der Waals surface area contributed by atoms with Crippen LogP contribution in [0.2, 0.25) is 0 Å². The minimum absolute atomic E-state index is 0.0192. The quantitative estimate of drug-likeness (QED) is 0.0766. The van der Waals surface area contributed by atoms with Crippen LogP contribution in [-0.2, 0) is 0 Å². The Morgan fingerprint density at radius 3 is 2.31 bits per heavy atom. The van der Waals surface area contributed by atoms with Gasteiger partial charge in [-0.1, -0.05) is 18.2 Å². The lowest BCUT2D eigenvalue weighted by Crippen LogP contribution is -2.49. The summed E-state index contributed by atoms with van der Waals surface area (Å²) in [4.78, 5) is 29.6. The van der Waals surface area contributed by atoms with Crippen LogP contribution in [0.15, 0.2) is 64.6 Å². The number of methoxy groups -OCH3 is 4. The number of pyridine rings is 1. The standard InChI is InChI=1S/C39H44FN5O9/c1-50-29-17-27-33(36(47)26(39(48)49)19-45(27)24-12-13-24)34(40)35(29)43-18-22-9-8-14-44(28(22)20-43)38(23-15-30(51-2)37(53-4)31(16-23)52-3)42-41-32(46)21-54-25-10-6-5-7-11-25/h5-7,10-11,15-17,19,22,24,28,32,41,46H,8-9,12-14,18,20-21H2,1-4H3,(H,48,49)/b42-38-. The number of aliphatic hydroxyl groups excluding tert-OH is 1. The van der Waals surface area contributed by atoms with Crippen molar-refractivity contribution in [2.24, 2.45) is 11.0 Å². The summed E-state index contributed by atoms with van der Waals surface area (Å²) in [5.74, 6) is 0.395. The molecule has 2 aliphatic heterocycles. The number of hydrogen-bond donors (Lipinski definition) is 3. The second kappa shape index (κ2) is 15.3. The van der Waals surface area contributed by atoms with E-state index in [4.69, 9.17) is 28.8 Å². The van der Waals surface area contributed by atoms with Gasteiger partial charge in [0.1, 0.15) is 29.4 Å². The number of para-hydroxylation sites is 1. The molecule has 0 spiro atoms. The van der Waals surface area contributed by atoms with Gasteiger partial charge in [0.25, 0.3) is 0 Å². The van der Waals surface area contributed by atoms with Crippen LogP contribution in [-0.4, -0.2) is 98.4 Å². The van der Waals surface area contributed by atoms with Crippen molar-refractivity contribution in [2.45, 2.75) is 44.0 Å². The Labute approximate surface area is 311 Å². The molecule has 3 atom stereocenters. The number of benzene rings is 3. The van der Waals surface area contributed by atoms with Gasteiger partial charge in [0.05, 0.1) is 45.4 Å². The summed E-state index contributed by atoms with van der Waals surface area (Å²) < 4.78 is 47.0. The van der Waals surface area contributed by atoms with Gasteiger partial charge in [0, 0.05) is 43.5 Å². The average Bonchev–Trinajstić information content (AvgIpc) is 3.94. The number of fused-ring (bicyclic) bond motifs is 2. The largest absolute Gasteiger partial charge is 0.494 e. The molecule has 1 aliphatic carbocycles. The third-order valence-corrected chi connectivity index (χ3v) is 10.4. The van der Waals surface area contributed by atoms with E-state index in [-0.39, 0.29) is 41.4 Å². The first-order valence-corrected chi connectivity index (χ1v) is 17.9. The van der Waals surface area contributed by atoms with E-state index >= 15 is 4.39 Å².